The molecule has 0 spiro atoms. The highest BCUT2D eigenvalue weighted by molar-refractivity contribution is 6.60. The Labute approximate surface area is 167 Å². The van der Waals surface area contributed by atoms with Gasteiger partial charge in [-0.1, -0.05) is 12.8 Å². The summed E-state index contributed by atoms with van der Waals surface area (Å²) in [6.07, 6.45) is 5.28. The van der Waals surface area contributed by atoms with E-state index in [2.05, 4.69) is 0 Å². The fraction of sp³-hybridized carbons (Fsp3) is 0.941. The largest absolute Gasteiger partial charge is 0.500 e. The lowest BCUT2D eigenvalue weighted by Crippen LogP contribution is -2.42. The second-order valence-electron chi connectivity index (χ2n) is 6.42. The van der Waals surface area contributed by atoms with Gasteiger partial charge in [0.05, 0.1) is 0 Å². The predicted molar refractivity (Wildman–Crippen MR) is 109 cm³/mol. The van der Waals surface area contributed by atoms with Crippen LogP contribution in [-0.4, -0.2) is 84.7 Å². The van der Waals surface area contributed by atoms with E-state index in [-0.39, 0.29) is 5.91 Å². The average molecular weight is 426 g/mol. The zero-order valence-electron chi connectivity index (χ0n) is 18.2. The van der Waals surface area contributed by atoms with Gasteiger partial charge < -0.3 is 31.5 Å². The molecule has 0 aliphatic rings. The van der Waals surface area contributed by atoms with E-state index in [1.165, 1.54) is 0 Å². The number of amides is 1. The molecule has 0 rings (SSSR count). The summed E-state index contributed by atoms with van der Waals surface area (Å²) in [5, 5.41) is 0. The van der Waals surface area contributed by atoms with Crippen molar-refractivity contribution in [3.8, 4) is 0 Å². The number of hydrogen-bond acceptors (Lipinski definition) is 7. The molecule has 27 heavy (non-hydrogen) atoms. The van der Waals surface area contributed by atoms with Crippen molar-refractivity contribution in [2.75, 3.05) is 56.3 Å². The van der Waals surface area contributed by atoms with Crippen LogP contribution in [0.2, 0.25) is 12.1 Å². The molecule has 0 aromatic carbocycles. The lowest BCUT2D eigenvalue weighted by molar-refractivity contribution is -0.130. The molecule has 0 aliphatic heterocycles. The van der Waals surface area contributed by atoms with Crippen molar-refractivity contribution in [2.45, 2.75) is 50.6 Å². The maximum absolute atomic E-state index is 12.2. The van der Waals surface area contributed by atoms with Crippen molar-refractivity contribution < 1.29 is 31.4 Å². The van der Waals surface area contributed by atoms with Gasteiger partial charge in [0.2, 0.25) is 5.91 Å². The van der Waals surface area contributed by atoms with E-state index in [1.807, 2.05) is 7.05 Å². The highest BCUT2D eigenvalue weighted by atomic mass is 28.4. The first-order valence-electron chi connectivity index (χ1n) is 9.43. The first kappa shape index (κ1) is 26.7. The maximum atomic E-state index is 12.2. The minimum absolute atomic E-state index is 0.144. The van der Waals surface area contributed by atoms with Crippen molar-refractivity contribution in [2.24, 2.45) is 0 Å². The van der Waals surface area contributed by atoms with Crippen LogP contribution in [0.15, 0.2) is 0 Å². The van der Waals surface area contributed by atoms with Crippen LogP contribution in [0.1, 0.15) is 38.5 Å². The Kier molecular flexibility index (Phi) is 14.4. The van der Waals surface area contributed by atoms with Gasteiger partial charge in [-0.2, -0.15) is 0 Å². The Morgan fingerprint density at radius 2 is 1.07 bits per heavy atom. The Hall–Kier alpha value is -0.336. The Morgan fingerprint density at radius 3 is 1.52 bits per heavy atom. The Bertz CT molecular complexity index is 377. The molecule has 0 heterocycles. The fourth-order valence-electron chi connectivity index (χ4n) is 2.93. The molecule has 10 heteroatoms. The molecule has 0 aromatic heterocycles. The van der Waals surface area contributed by atoms with E-state index in [0.29, 0.717) is 18.9 Å². The summed E-state index contributed by atoms with van der Waals surface area (Å²) in [6.45, 7) is 0.766. The molecule has 162 valence electrons. The van der Waals surface area contributed by atoms with E-state index in [9.17, 15) is 4.79 Å². The first-order valence-corrected chi connectivity index (χ1v) is 13.3. The summed E-state index contributed by atoms with van der Waals surface area (Å²) in [5.41, 5.74) is 0. The van der Waals surface area contributed by atoms with E-state index in [0.717, 1.165) is 38.3 Å². The molecule has 0 N–H and O–H groups in total. The zero-order chi connectivity index (χ0) is 20.8. The number of carbonyl (C=O) groups excluding carboxylic acids is 1. The summed E-state index contributed by atoms with van der Waals surface area (Å²) >= 11 is 0. The van der Waals surface area contributed by atoms with Crippen molar-refractivity contribution in [1.82, 2.24) is 4.90 Å². The number of hydrogen-bond donors (Lipinski definition) is 0. The summed E-state index contributed by atoms with van der Waals surface area (Å²) in [6, 6.07) is 1.45. The van der Waals surface area contributed by atoms with Gasteiger partial charge in [-0.05, 0) is 19.3 Å². The quantitative estimate of drug-likeness (QED) is 0.262. The molecule has 0 saturated heterocycles. The van der Waals surface area contributed by atoms with Crippen molar-refractivity contribution >= 4 is 23.5 Å². The number of nitrogens with zero attached hydrogens (tertiary/aromatic N) is 1. The van der Waals surface area contributed by atoms with Crippen LogP contribution in [0.5, 0.6) is 0 Å². The van der Waals surface area contributed by atoms with Gasteiger partial charge >= 0.3 is 17.6 Å². The molecule has 0 atom stereocenters. The van der Waals surface area contributed by atoms with E-state index in [4.69, 9.17) is 26.6 Å². The molecular formula is C17H39NO7Si2. The van der Waals surface area contributed by atoms with Crippen LogP contribution in [0.4, 0.5) is 0 Å². The third kappa shape index (κ3) is 9.61. The van der Waals surface area contributed by atoms with Gasteiger partial charge in [-0.15, -0.1) is 0 Å². The first-order chi connectivity index (χ1) is 12.9. The van der Waals surface area contributed by atoms with Crippen LogP contribution in [0.3, 0.4) is 0 Å². The number of carbonyl (C=O) groups is 1. The predicted octanol–water partition coefficient (Wildman–Crippen LogP) is 2.54. The standard InChI is InChI=1S/C17H39NO7Si2/c1-18(17(19)13-12-16-27(23-5,24-6)25-7)14-10-8-9-11-15-26(20-2,21-3)22-4/h8-16H2,1-7H3. The summed E-state index contributed by atoms with van der Waals surface area (Å²) in [7, 11) is 6.50. The average Bonchev–Trinajstić information content (AvgIpc) is 2.71. The van der Waals surface area contributed by atoms with E-state index >= 15 is 0 Å². The molecule has 0 radical (unpaired) electrons. The van der Waals surface area contributed by atoms with Gasteiger partial charge in [0.1, 0.15) is 0 Å². The minimum Gasteiger partial charge on any atom is -0.377 e. The van der Waals surface area contributed by atoms with E-state index < -0.39 is 17.6 Å². The van der Waals surface area contributed by atoms with Crippen molar-refractivity contribution in [3.63, 3.8) is 0 Å². The second kappa shape index (κ2) is 14.6. The van der Waals surface area contributed by atoms with Crippen molar-refractivity contribution in [3.05, 3.63) is 0 Å². The maximum Gasteiger partial charge on any atom is 0.500 e. The van der Waals surface area contributed by atoms with Crippen LogP contribution < -0.4 is 0 Å². The van der Waals surface area contributed by atoms with Crippen LogP contribution in [0.25, 0.3) is 0 Å². The van der Waals surface area contributed by atoms with Gasteiger partial charge in [-0.3, -0.25) is 4.79 Å². The normalized spacial score (nSPS) is 12.4. The van der Waals surface area contributed by atoms with E-state index in [1.54, 1.807) is 47.6 Å². The Balaban J connectivity index is 3.95. The number of unbranched alkanes of at least 4 members (excludes halogenated alkanes) is 3. The summed E-state index contributed by atoms with van der Waals surface area (Å²) < 4.78 is 32.4. The lowest BCUT2D eigenvalue weighted by Gasteiger charge is -2.24. The third-order valence-corrected chi connectivity index (χ3v) is 10.6. The SMILES string of the molecule is CO[Si](CCCCCCN(C)C(=O)CCC[Si](OC)(OC)OC)(OC)OC. The molecule has 0 fully saturated rings. The van der Waals surface area contributed by atoms with Crippen LogP contribution in [-0.2, 0) is 31.4 Å². The van der Waals surface area contributed by atoms with Gasteiger partial charge in [-0.25, -0.2) is 0 Å². The molecule has 1 amide bonds. The highest BCUT2D eigenvalue weighted by Gasteiger charge is 2.37. The van der Waals surface area contributed by atoms with Gasteiger partial charge in [0, 0.05) is 74.8 Å². The summed E-state index contributed by atoms with van der Waals surface area (Å²) in [4.78, 5) is 14.0. The monoisotopic (exact) mass is 425 g/mol. The smallest absolute Gasteiger partial charge is 0.377 e. The molecule has 0 bridgehead atoms. The van der Waals surface area contributed by atoms with Gasteiger partial charge in [0.15, 0.2) is 0 Å². The molecule has 0 aromatic rings. The van der Waals surface area contributed by atoms with Crippen LogP contribution >= 0.6 is 0 Å². The third-order valence-electron chi connectivity index (χ3n) is 4.89. The molecule has 8 nitrogen and oxygen atoms in total. The fourth-order valence-corrected chi connectivity index (χ4v) is 6.45. The van der Waals surface area contributed by atoms with Crippen LogP contribution in [0, 0.1) is 0 Å². The molecule has 0 aliphatic carbocycles. The molecule has 0 unspecified atom stereocenters. The zero-order valence-corrected chi connectivity index (χ0v) is 20.2. The second-order valence-corrected chi connectivity index (χ2v) is 12.6. The summed E-state index contributed by atoms with van der Waals surface area (Å²) in [5.74, 6) is 0.144. The highest BCUT2D eigenvalue weighted by Crippen LogP contribution is 2.18. The molecule has 0 saturated carbocycles. The molecular weight excluding hydrogens is 386 g/mol. The van der Waals surface area contributed by atoms with Crippen molar-refractivity contribution in [1.29, 1.82) is 0 Å². The minimum atomic E-state index is -2.58. The van der Waals surface area contributed by atoms with Gasteiger partial charge in [0.25, 0.3) is 0 Å². The Morgan fingerprint density at radius 1 is 0.667 bits per heavy atom. The number of rotatable bonds is 17. The topological polar surface area (TPSA) is 75.7 Å². The lowest BCUT2D eigenvalue weighted by atomic mass is 10.2.